The molecular weight excluding hydrogens is 448 g/mol. The molecule has 35 heavy (non-hydrogen) atoms. The van der Waals surface area contributed by atoms with E-state index < -0.39 is 5.91 Å². The third-order valence-corrected chi connectivity index (χ3v) is 5.15. The number of hydrogen-bond acceptors (Lipinski definition) is 7. The lowest BCUT2D eigenvalue weighted by Gasteiger charge is -2.13. The predicted molar refractivity (Wildman–Crippen MR) is 138 cm³/mol. The number of rotatable bonds is 9. The third kappa shape index (κ3) is 6.05. The first-order valence-corrected chi connectivity index (χ1v) is 10.6. The fraction of sp³-hybridized carbons (Fsp3) is 0.148. The summed E-state index contributed by atoms with van der Waals surface area (Å²) in [6.07, 6.45) is 6.56. The van der Waals surface area contributed by atoms with E-state index in [-0.39, 0.29) is 11.4 Å². The van der Waals surface area contributed by atoms with Crippen LogP contribution in [0.3, 0.4) is 0 Å². The zero-order chi connectivity index (χ0) is 25.4. The Bertz CT molecular complexity index is 1240. The van der Waals surface area contributed by atoms with Crippen molar-refractivity contribution in [3.8, 4) is 28.7 Å². The quantitative estimate of drug-likeness (QED) is 0.175. The van der Waals surface area contributed by atoms with Crippen molar-refractivity contribution >= 4 is 35.5 Å². The SMILES string of the molecule is COc1ccc(/C=C/C(=O)Nc2c(O)cccc2C=Cc2cc(OC)c(OC)c(OC)c2)cc1N. The zero-order valence-corrected chi connectivity index (χ0v) is 20.0. The molecule has 0 atom stereocenters. The largest absolute Gasteiger partial charge is 0.506 e. The average molecular weight is 477 g/mol. The number of phenolic OH excluding ortho intramolecular Hbond substituents is 1. The number of methoxy groups -OCH3 is 4. The van der Waals surface area contributed by atoms with E-state index in [1.165, 1.54) is 26.4 Å². The van der Waals surface area contributed by atoms with Crippen LogP contribution in [-0.4, -0.2) is 39.5 Å². The van der Waals surface area contributed by atoms with Crippen LogP contribution in [0.25, 0.3) is 18.2 Å². The van der Waals surface area contributed by atoms with Gasteiger partial charge in [0.1, 0.15) is 11.5 Å². The van der Waals surface area contributed by atoms with E-state index in [2.05, 4.69) is 5.32 Å². The summed E-state index contributed by atoms with van der Waals surface area (Å²) in [5.41, 5.74) is 8.77. The first kappa shape index (κ1) is 25.0. The van der Waals surface area contributed by atoms with Gasteiger partial charge < -0.3 is 35.1 Å². The minimum atomic E-state index is -0.414. The summed E-state index contributed by atoms with van der Waals surface area (Å²) in [5, 5.41) is 13.1. The van der Waals surface area contributed by atoms with Gasteiger partial charge in [-0.3, -0.25) is 4.79 Å². The molecule has 0 fully saturated rings. The molecule has 0 aromatic heterocycles. The highest BCUT2D eigenvalue weighted by Crippen LogP contribution is 2.39. The molecule has 0 unspecified atom stereocenters. The highest BCUT2D eigenvalue weighted by atomic mass is 16.5. The Hall–Kier alpha value is -4.59. The van der Waals surface area contributed by atoms with Gasteiger partial charge in [-0.15, -0.1) is 0 Å². The number of carbonyl (C=O) groups is 1. The van der Waals surface area contributed by atoms with Crippen molar-refractivity contribution in [2.75, 3.05) is 39.5 Å². The van der Waals surface area contributed by atoms with Gasteiger partial charge in [0, 0.05) is 11.6 Å². The molecule has 0 saturated heterocycles. The van der Waals surface area contributed by atoms with Crippen molar-refractivity contribution in [1.82, 2.24) is 0 Å². The summed E-state index contributed by atoms with van der Waals surface area (Å²) < 4.78 is 21.3. The van der Waals surface area contributed by atoms with Gasteiger partial charge in [0.2, 0.25) is 11.7 Å². The third-order valence-electron chi connectivity index (χ3n) is 5.15. The second-order valence-corrected chi connectivity index (χ2v) is 7.36. The molecule has 0 bridgehead atoms. The Morgan fingerprint density at radius 3 is 2.11 bits per heavy atom. The predicted octanol–water partition coefficient (Wildman–Crippen LogP) is 4.83. The molecule has 0 spiro atoms. The van der Waals surface area contributed by atoms with Crippen molar-refractivity contribution in [2.24, 2.45) is 0 Å². The van der Waals surface area contributed by atoms with Crippen LogP contribution in [-0.2, 0) is 4.79 Å². The van der Waals surface area contributed by atoms with Gasteiger partial charge in [-0.05, 0) is 47.5 Å². The molecular formula is C27H28N2O6. The van der Waals surface area contributed by atoms with Crippen LogP contribution in [0.15, 0.2) is 54.6 Å². The van der Waals surface area contributed by atoms with Crippen LogP contribution in [0.1, 0.15) is 16.7 Å². The van der Waals surface area contributed by atoms with Crippen LogP contribution < -0.4 is 30.0 Å². The summed E-state index contributed by atoms with van der Waals surface area (Å²) in [4.78, 5) is 12.6. The molecule has 8 nitrogen and oxygen atoms in total. The molecule has 3 aromatic rings. The molecule has 182 valence electrons. The number of nitrogen functional groups attached to an aromatic ring is 1. The second kappa shape index (κ2) is 11.5. The summed E-state index contributed by atoms with van der Waals surface area (Å²) in [6, 6.07) is 13.8. The van der Waals surface area contributed by atoms with E-state index in [4.69, 9.17) is 24.7 Å². The molecule has 0 aliphatic heterocycles. The fourth-order valence-electron chi connectivity index (χ4n) is 3.41. The van der Waals surface area contributed by atoms with Crippen molar-refractivity contribution in [2.45, 2.75) is 0 Å². The lowest BCUT2D eigenvalue weighted by Crippen LogP contribution is -2.09. The number of carbonyl (C=O) groups excluding carboxylic acids is 1. The molecule has 1 amide bonds. The molecule has 0 radical (unpaired) electrons. The van der Waals surface area contributed by atoms with Crippen molar-refractivity contribution in [1.29, 1.82) is 0 Å². The monoisotopic (exact) mass is 476 g/mol. The lowest BCUT2D eigenvalue weighted by atomic mass is 10.1. The van der Waals surface area contributed by atoms with Crippen LogP contribution >= 0.6 is 0 Å². The number of anilines is 2. The molecule has 0 aliphatic rings. The average Bonchev–Trinajstić information content (AvgIpc) is 2.87. The van der Waals surface area contributed by atoms with Gasteiger partial charge >= 0.3 is 0 Å². The molecule has 3 rings (SSSR count). The number of nitrogens with two attached hydrogens (primary N) is 1. The summed E-state index contributed by atoms with van der Waals surface area (Å²) in [5.74, 6) is 1.60. The Kier molecular flexibility index (Phi) is 8.24. The number of phenols is 1. The van der Waals surface area contributed by atoms with Gasteiger partial charge in [-0.25, -0.2) is 0 Å². The number of benzene rings is 3. The van der Waals surface area contributed by atoms with Crippen LogP contribution in [0.2, 0.25) is 0 Å². The van der Waals surface area contributed by atoms with E-state index in [0.29, 0.717) is 34.2 Å². The zero-order valence-electron chi connectivity index (χ0n) is 20.0. The topological polar surface area (TPSA) is 112 Å². The van der Waals surface area contributed by atoms with E-state index >= 15 is 0 Å². The Morgan fingerprint density at radius 2 is 1.51 bits per heavy atom. The number of ether oxygens (including phenoxy) is 4. The lowest BCUT2D eigenvalue weighted by molar-refractivity contribution is -0.111. The maximum absolute atomic E-state index is 12.6. The van der Waals surface area contributed by atoms with Crippen LogP contribution in [0.4, 0.5) is 11.4 Å². The standard InChI is InChI=1S/C27H28N2O6/c1-32-22-12-9-17(14-20(22)28)10-13-25(31)29-26-19(6-5-7-21(26)30)11-8-18-15-23(33-2)27(35-4)24(16-18)34-3/h5-16,30H,28H2,1-4H3,(H,29,31)/b11-8?,13-10+. The van der Waals surface area contributed by atoms with Gasteiger partial charge in [0.15, 0.2) is 11.5 Å². The van der Waals surface area contributed by atoms with Crippen molar-refractivity contribution in [3.05, 3.63) is 71.3 Å². The Morgan fingerprint density at radius 1 is 0.829 bits per heavy atom. The summed E-state index contributed by atoms with van der Waals surface area (Å²) in [6.45, 7) is 0. The van der Waals surface area contributed by atoms with Gasteiger partial charge in [-0.2, -0.15) is 0 Å². The van der Waals surface area contributed by atoms with Gasteiger partial charge in [0.05, 0.1) is 39.8 Å². The van der Waals surface area contributed by atoms with Crippen LogP contribution in [0.5, 0.6) is 28.7 Å². The first-order chi connectivity index (χ1) is 16.9. The normalized spacial score (nSPS) is 11.0. The highest BCUT2D eigenvalue weighted by molar-refractivity contribution is 6.04. The smallest absolute Gasteiger partial charge is 0.248 e. The highest BCUT2D eigenvalue weighted by Gasteiger charge is 2.13. The minimum Gasteiger partial charge on any atom is -0.506 e. The van der Waals surface area contributed by atoms with E-state index in [9.17, 15) is 9.90 Å². The molecule has 3 aromatic carbocycles. The molecule has 0 aliphatic carbocycles. The molecule has 0 saturated carbocycles. The minimum absolute atomic E-state index is 0.0625. The number of amides is 1. The number of aromatic hydroxyl groups is 1. The number of nitrogens with one attached hydrogen (secondary N) is 1. The maximum atomic E-state index is 12.6. The molecule has 0 heterocycles. The Labute approximate surface area is 204 Å². The fourth-order valence-corrected chi connectivity index (χ4v) is 3.41. The van der Waals surface area contributed by atoms with Gasteiger partial charge in [0.25, 0.3) is 0 Å². The number of hydrogen-bond donors (Lipinski definition) is 3. The van der Waals surface area contributed by atoms with E-state index in [0.717, 1.165) is 11.1 Å². The van der Waals surface area contributed by atoms with Gasteiger partial charge in [-0.1, -0.05) is 30.4 Å². The second-order valence-electron chi connectivity index (χ2n) is 7.36. The van der Waals surface area contributed by atoms with Crippen LogP contribution in [0, 0.1) is 0 Å². The summed E-state index contributed by atoms with van der Waals surface area (Å²) >= 11 is 0. The molecule has 4 N–H and O–H groups in total. The first-order valence-electron chi connectivity index (χ1n) is 10.6. The Balaban J connectivity index is 1.83. The summed E-state index contributed by atoms with van der Waals surface area (Å²) in [7, 11) is 6.16. The van der Waals surface area contributed by atoms with E-state index in [1.54, 1.807) is 68.8 Å². The van der Waals surface area contributed by atoms with Crippen molar-refractivity contribution in [3.63, 3.8) is 0 Å². The molecule has 8 heteroatoms. The van der Waals surface area contributed by atoms with Crippen molar-refractivity contribution < 1.29 is 28.8 Å². The van der Waals surface area contributed by atoms with E-state index in [1.807, 2.05) is 6.08 Å². The maximum Gasteiger partial charge on any atom is 0.248 e. The number of para-hydroxylation sites is 1.